The maximum Gasteiger partial charge on any atom is 0.408 e. The van der Waals surface area contributed by atoms with Gasteiger partial charge in [0.15, 0.2) is 6.04 Å². The Morgan fingerprint density at radius 3 is 2.15 bits per heavy atom. The summed E-state index contributed by atoms with van der Waals surface area (Å²) < 4.78 is 18.5. The van der Waals surface area contributed by atoms with E-state index in [4.69, 9.17) is 9.84 Å². The first kappa shape index (κ1) is 40.6. The molecule has 1 unspecified atom stereocenters. The molecule has 3 N–H and O–H groups in total. The normalized spacial score (nSPS) is 17.4. The molecule has 0 radical (unpaired) electrons. The van der Waals surface area contributed by atoms with Crippen molar-refractivity contribution >= 4 is 33.8 Å². The molecule has 9 heteroatoms. The van der Waals surface area contributed by atoms with Crippen molar-refractivity contribution in [3.8, 4) is 0 Å². The quantitative estimate of drug-likeness (QED) is 0.158. The monoisotopic (exact) mass is 643 g/mol. The van der Waals surface area contributed by atoms with Crippen LogP contribution >= 0.6 is 15.9 Å². The molecule has 1 aromatic carbocycles. The smallest absolute Gasteiger partial charge is 0.408 e. The Hall–Kier alpha value is -2.52. The number of ether oxygens (including phenoxy) is 1. The van der Waals surface area contributed by atoms with E-state index in [2.05, 4.69) is 41.2 Å². The number of hydrogen-bond donors (Lipinski definition) is 3. The number of amides is 1. The molecule has 7 nitrogen and oxygen atoms in total. The lowest BCUT2D eigenvalue weighted by molar-refractivity contribution is -0.898. The van der Waals surface area contributed by atoms with Gasteiger partial charge in [-0.05, 0) is 64.8 Å². The van der Waals surface area contributed by atoms with Gasteiger partial charge in [0.2, 0.25) is 5.78 Å². The van der Waals surface area contributed by atoms with E-state index in [1.807, 2.05) is 38.8 Å². The van der Waals surface area contributed by atoms with Gasteiger partial charge in [0.05, 0.1) is 13.1 Å². The Balaban J connectivity index is 0. The minimum absolute atomic E-state index is 0.124. The number of allylic oxidation sites excluding steroid dienone is 3. The number of benzene rings is 1. The predicted octanol–water partition coefficient (Wildman–Crippen LogP) is 6.69. The highest BCUT2D eigenvalue weighted by Crippen LogP contribution is 2.18. The molecule has 1 aromatic rings. The van der Waals surface area contributed by atoms with Crippen molar-refractivity contribution in [1.82, 2.24) is 5.32 Å². The number of halogens is 2. The minimum Gasteiger partial charge on any atom is -0.479 e. The van der Waals surface area contributed by atoms with Gasteiger partial charge in [0.1, 0.15) is 18.0 Å². The maximum absolute atomic E-state index is 13.5. The first-order valence-corrected chi connectivity index (χ1v) is 16.0. The van der Waals surface area contributed by atoms with Crippen LogP contribution in [0, 0.1) is 11.7 Å². The molecule has 41 heavy (non-hydrogen) atoms. The SMILES string of the molecule is C/C=C(\C=C/CC)C(=O)C[NH+]1CCC(CC)CC1.CBr.CC.CC(C)(C)OC(=O)NC(C(=O)O)c1ccccc1F. The van der Waals surface area contributed by atoms with E-state index in [1.165, 1.54) is 55.5 Å². The lowest BCUT2D eigenvalue weighted by atomic mass is 9.94. The maximum atomic E-state index is 13.5. The van der Waals surface area contributed by atoms with Gasteiger partial charge < -0.3 is 20.1 Å². The fourth-order valence-corrected chi connectivity index (χ4v) is 4.00. The van der Waals surface area contributed by atoms with Gasteiger partial charge in [0, 0.05) is 11.1 Å². The fourth-order valence-electron chi connectivity index (χ4n) is 4.00. The molecule has 0 bridgehead atoms. The molecular weight excluding hydrogens is 591 g/mol. The highest BCUT2D eigenvalue weighted by Gasteiger charge is 2.27. The average molecular weight is 645 g/mol. The van der Waals surface area contributed by atoms with Crippen LogP contribution in [0.3, 0.4) is 0 Å². The molecule has 0 aliphatic carbocycles. The van der Waals surface area contributed by atoms with Crippen LogP contribution in [0.15, 0.2) is 48.1 Å². The molecule has 0 saturated carbocycles. The van der Waals surface area contributed by atoms with Crippen LogP contribution in [0.25, 0.3) is 0 Å². The van der Waals surface area contributed by atoms with E-state index >= 15 is 0 Å². The van der Waals surface area contributed by atoms with Crippen LogP contribution in [-0.4, -0.2) is 54.0 Å². The number of carboxylic acids is 1. The van der Waals surface area contributed by atoms with E-state index in [-0.39, 0.29) is 5.56 Å². The number of Topliss-reactive ketones (excluding diaryl/α,β-unsaturated/α-hetero) is 1. The molecule has 1 atom stereocenters. The summed E-state index contributed by atoms with van der Waals surface area (Å²) in [5.74, 6) is 0.937. The number of quaternary nitrogens is 1. The highest BCUT2D eigenvalue weighted by atomic mass is 79.9. The second-order valence-corrected chi connectivity index (χ2v) is 10.2. The number of carboxylic acid groups (broad SMARTS) is 1. The summed E-state index contributed by atoms with van der Waals surface area (Å²) in [5.41, 5.74) is -0.00892. The number of hydrogen-bond acceptors (Lipinski definition) is 4. The van der Waals surface area contributed by atoms with Gasteiger partial charge in [0.25, 0.3) is 0 Å². The Labute approximate surface area is 255 Å². The van der Waals surface area contributed by atoms with Crippen LogP contribution in [0.5, 0.6) is 0 Å². The van der Waals surface area contributed by atoms with Gasteiger partial charge in [-0.25, -0.2) is 14.0 Å². The van der Waals surface area contributed by atoms with Crippen molar-refractivity contribution in [3.05, 3.63) is 59.4 Å². The summed E-state index contributed by atoms with van der Waals surface area (Å²) >= 11 is 2.94. The number of alkyl halides is 1. The molecule has 2 rings (SSSR count). The molecule has 0 spiro atoms. The number of nitrogens with one attached hydrogen (secondary N) is 2. The van der Waals surface area contributed by atoms with E-state index < -0.39 is 29.5 Å². The number of likely N-dealkylation sites (tertiary alicyclic amines) is 1. The summed E-state index contributed by atoms with van der Waals surface area (Å²) in [7, 11) is 0. The number of piperidine rings is 1. The lowest BCUT2D eigenvalue weighted by Crippen LogP contribution is -3.14. The lowest BCUT2D eigenvalue weighted by Gasteiger charge is -2.28. The van der Waals surface area contributed by atoms with Crippen LogP contribution in [0.1, 0.15) is 92.7 Å². The highest BCUT2D eigenvalue weighted by molar-refractivity contribution is 9.08. The summed E-state index contributed by atoms with van der Waals surface area (Å²) in [4.78, 5) is 36.3. The number of carbonyl (C=O) groups is 3. The van der Waals surface area contributed by atoms with Crippen LogP contribution < -0.4 is 10.2 Å². The average Bonchev–Trinajstić information content (AvgIpc) is 2.94. The molecular formula is C32H53BrFN2O5+. The number of ketones is 1. The van der Waals surface area contributed by atoms with E-state index in [1.54, 1.807) is 20.8 Å². The number of carbonyl (C=O) groups excluding carboxylic acids is 2. The largest absolute Gasteiger partial charge is 0.479 e. The van der Waals surface area contributed by atoms with Crippen molar-refractivity contribution in [1.29, 1.82) is 0 Å². The van der Waals surface area contributed by atoms with Crippen molar-refractivity contribution < 1.29 is 33.5 Å². The van der Waals surface area contributed by atoms with E-state index in [9.17, 15) is 18.8 Å². The number of alkyl carbamates (subject to hydrolysis) is 1. The van der Waals surface area contributed by atoms with E-state index in [0.717, 1.165) is 24.0 Å². The zero-order valence-corrected chi connectivity index (χ0v) is 28.1. The number of aliphatic carboxylic acids is 1. The Morgan fingerprint density at radius 2 is 1.71 bits per heavy atom. The van der Waals surface area contributed by atoms with Gasteiger partial charge >= 0.3 is 12.1 Å². The standard InChI is InChI=1S/C16H27NO.C13H16FNO4.C2H6.CH3Br/c1-4-7-8-15(6-3)16(18)13-17-11-9-14(5-2)10-12-17;1-13(2,3)19-12(18)15-10(11(16)17)8-6-4-5-7-9(8)14;2*1-2/h6-8,14H,4-5,9-13H2,1-3H3;4-7,10H,1-3H3,(H,15,18)(H,16,17);1-2H3;1H3/p+1/b8-7-,15-6+;;;. The topological polar surface area (TPSA) is 97.1 Å². The van der Waals surface area contributed by atoms with Crippen LogP contribution in [0.2, 0.25) is 0 Å². The van der Waals surface area contributed by atoms with Crippen molar-refractivity contribution in [2.75, 3.05) is 25.5 Å². The summed E-state index contributed by atoms with van der Waals surface area (Å²) in [5, 5.41) is 11.2. The molecule has 1 fully saturated rings. The summed E-state index contributed by atoms with van der Waals surface area (Å²) in [6.07, 6.45) is 9.91. The van der Waals surface area contributed by atoms with Crippen LogP contribution in [0.4, 0.5) is 9.18 Å². The van der Waals surface area contributed by atoms with Crippen molar-refractivity contribution in [2.24, 2.45) is 5.92 Å². The van der Waals surface area contributed by atoms with Gasteiger partial charge in [-0.3, -0.25) is 4.79 Å². The van der Waals surface area contributed by atoms with Crippen molar-refractivity contribution in [3.63, 3.8) is 0 Å². The fraction of sp³-hybridized carbons (Fsp3) is 0.594. The molecule has 1 aliphatic heterocycles. The van der Waals surface area contributed by atoms with Gasteiger partial charge in [-0.1, -0.05) is 86.5 Å². The summed E-state index contributed by atoms with van der Waals surface area (Å²) in [6.45, 7) is 18.2. The first-order valence-electron chi connectivity index (χ1n) is 14.5. The Kier molecular flexibility index (Phi) is 22.9. The molecule has 1 amide bonds. The van der Waals surface area contributed by atoms with E-state index in [0.29, 0.717) is 12.3 Å². The minimum atomic E-state index is -1.49. The molecule has 234 valence electrons. The Morgan fingerprint density at radius 1 is 1.15 bits per heavy atom. The second kappa shape index (κ2) is 23.1. The number of rotatable bonds is 9. The van der Waals surface area contributed by atoms with Crippen molar-refractivity contribution in [2.45, 2.75) is 92.7 Å². The zero-order chi connectivity index (χ0) is 32.0. The van der Waals surface area contributed by atoms with Gasteiger partial charge in [-0.15, -0.1) is 0 Å². The first-order chi connectivity index (χ1) is 19.4. The molecule has 1 aliphatic rings. The summed E-state index contributed by atoms with van der Waals surface area (Å²) in [6, 6.07) is 3.86. The molecule has 1 saturated heterocycles. The molecule has 1 heterocycles. The van der Waals surface area contributed by atoms with Gasteiger partial charge in [-0.2, -0.15) is 0 Å². The third-order valence-electron chi connectivity index (χ3n) is 6.09. The third-order valence-corrected chi connectivity index (χ3v) is 6.09. The van der Waals surface area contributed by atoms with Crippen LogP contribution in [-0.2, 0) is 14.3 Å². The Bertz CT molecular complexity index is 952. The molecule has 0 aromatic heterocycles. The third kappa shape index (κ3) is 17.8. The predicted molar refractivity (Wildman–Crippen MR) is 169 cm³/mol. The zero-order valence-electron chi connectivity index (χ0n) is 26.5. The second-order valence-electron chi connectivity index (χ2n) is 10.2.